The molecule has 6 heteroatoms. The van der Waals surface area contributed by atoms with E-state index < -0.39 is 10.1 Å². The van der Waals surface area contributed by atoms with Crippen LogP contribution in [0.5, 0.6) is 0 Å². The van der Waals surface area contributed by atoms with Crippen LogP contribution in [0.3, 0.4) is 0 Å². The molecular weight excluding hydrogens is 226 g/mol. The molecule has 3 nitrogen and oxygen atoms in total. The number of hydrogen-bond donors (Lipinski definition) is 1. The Morgan fingerprint density at radius 1 is 1.33 bits per heavy atom. The maximum Gasteiger partial charge on any atom is 0.240 e. The second-order valence-corrected chi connectivity index (χ2v) is 4.33. The van der Waals surface area contributed by atoms with Crippen molar-refractivity contribution in [3.8, 4) is 0 Å². The highest BCUT2D eigenvalue weighted by Crippen LogP contribution is 2.30. The van der Waals surface area contributed by atoms with Gasteiger partial charge in [-0.15, -0.1) is 0 Å². The molecule has 0 fully saturated rings. The van der Waals surface area contributed by atoms with Crippen LogP contribution in [0.4, 0.5) is 0 Å². The molecule has 0 aliphatic carbocycles. The summed E-state index contributed by atoms with van der Waals surface area (Å²) in [5.41, 5.74) is 0. The zero-order valence-electron chi connectivity index (χ0n) is 6.60. The van der Waals surface area contributed by atoms with E-state index in [1.54, 1.807) is 0 Å². The Bertz CT molecular complexity index is 115. The van der Waals surface area contributed by atoms with Gasteiger partial charge in [0.1, 0.15) is 0 Å². The second-order valence-electron chi connectivity index (χ2n) is 1.96. The van der Waals surface area contributed by atoms with Crippen LogP contribution in [-0.2, 0) is 9.47 Å². The fraction of sp³-hybridized carbons (Fsp3) is 1.00. The number of rotatable bonds is 5. The van der Waals surface area contributed by atoms with Gasteiger partial charge in [-0.2, -0.15) is 0 Å². The molecule has 12 heavy (non-hydrogen) atoms. The first-order chi connectivity index (χ1) is 5.48. The van der Waals surface area contributed by atoms with Crippen molar-refractivity contribution in [1.82, 2.24) is 0 Å². The van der Waals surface area contributed by atoms with Crippen LogP contribution in [-0.4, -0.2) is 35.0 Å². The van der Waals surface area contributed by atoms with Crippen molar-refractivity contribution in [3.05, 3.63) is 0 Å². The maximum absolute atomic E-state index is 9.01. The average Bonchev–Trinajstić information content (AvgIpc) is 1.96. The molecule has 0 saturated carbocycles. The molecular formula is C6H11Cl3O3. The van der Waals surface area contributed by atoms with E-state index in [0.29, 0.717) is 13.2 Å². The Balaban J connectivity index is 3.38. The average molecular weight is 238 g/mol. The number of hydrogen-bond acceptors (Lipinski definition) is 3. The van der Waals surface area contributed by atoms with Crippen LogP contribution < -0.4 is 0 Å². The third kappa shape index (κ3) is 6.29. The fourth-order valence-corrected chi connectivity index (χ4v) is 0.646. The molecule has 0 radical (unpaired) electrons. The molecule has 0 aliphatic heterocycles. The van der Waals surface area contributed by atoms with Crippen LogP contribution in [0, 0.1) is 0 Å². The van der Waals surface area contributed by atoms with Gasteiger partial charge in [-0.05, 0) is 6.92 Å². The zero-order valence-corrected chi connectivity index (χ0v) is 8.86. The van der Waals surface area contributed by atoms with Crippen molar-refractivity contribution < 1.29 is 14.6 Å². The molecule has 0 bridgehead atoms. The maximum atomic E-state index is 9.01. The summed E-state index contributed by atoms with van der Waals surface area (Å²) in [4.78, 5) is 0. The molecule has 0 heterocycles. The van der Waals surface area contributed by atoms with Crippen LogP contribution in [0.15, 0.2) is 0 Å². The van der Waals surface area contributed by atoms with Crippen molar-refractivity contribution >= 4 is 34.8 Å². The fourth-order valence-electron chi connectivity index (χ4n) is 0.457. The first kappa shape index (κ1) is 12.8. The van der Waals surface area contributed by atoms with Crippen LogP contribution >= 0.6 is 34.8 Å². The number of aliphatic hydroxyl groups is 1. The second kappa shape index (κ2) is 6.24. The third-order valence-corrected chi connectivity index (χ3v) is 1.55. The van der Waals surface area contributed by atoms with Gasteiger partial charge in [0, 0.05) is 6.61 Å². The van der Waals surface area contributed by atoms with E-state index in [1.807, 2.05) is 6.92 Å². The van der Waals surface area contributed by atoms with Gasteiger partial charge >= 0.3 is 0 Å². The lowest BCUT2D eigenvalue weighted by Gasteiger charge is -2.18. The third-order valence-electron chi connectivity index (χ3n) is 0.988. The molecule has 0 saturated heterocycles. The summed E-state index contributed by atoms with van der Waals surface area (Å²) < 4.78 is 7.88. The van der Waals surface area contributed by atoms with Crippen molar-refractivity contribution in [1.29, 1.82) is 0 Å². The van der Waals surface area contributed by atoms with Gasteiger partial charge in [0.05, 0.1) is 13.2 Å². The van der Waals surface area contributed by atoms with E-state index >= 15 is 0 Å². The highest BCUT2D eigenvalue weighted by molar-refractivity contribution is 6.67. The lowest BCUT2D eigenvalue weighted by Crippen LogP contribution is -2.29. The zero-order chi connectivity index (χ0) is 9.61. The summed E-state index contributed by atoms with van der Waals surface area (Å²) in [5.74, 6) is 0. The van der Waals surface area contributed by atoms with Crippen molar-refractivity contribution in [2.45, 2.75) is 17.0 Å². The number of aliphatic hydroxyl groups excluding tert-OH is 1. The van der Waals surface area contributed by atoms with E-state index in [2.05, 4.69) is 0 Å². The largest absolute Gasteiger partial charge is 0.379 e. The first-order valence-electron chi connectivity index (χ1n) is 3.42. The molecule has 0 amide bonds. The molecule has 1 unspecified atom stereocenters. The molecule has 0 spiro atoms. The topological polar surface area (TPSA) is 38.7 Å². The Labute approximate surface area is 86.5 Å². The summed E-state index contributed by atoms with van der Waals surface area (Å²) in [6, 6.07) is 0. The van der Waals surface area contributed by atoms with Gasteiger partial charge in [0.25, 0.3) is 0 Å². The standard InChI is InChI=1S/C6H11Cl3O3/c1-2-11-3-4-12-5(10)6(7,8)9/h5,10H,2-4H2,1H3. The smallest absolute Gasteiger partial charge is 0.240 e. The predicted molar refractivity (Wildman–Crippen MR) is 48.7 cm³/mol. The van der Waals surface area contributed by atoms with Crippen LogP contribution in [0.1, 0.15) is 6.92 Å². The predicted octanol–water partition coefficient (Wildman–Crippen LogP) is 1.73. The van der Waals surface area contributed by atoms with Gasteiger partial charge in [-0.1, -0.05) is 34.8 Å². The monoisotopic (exact) mass is 236 g/mol. The highest BCUT2D eigenvalue weighted by Gasteiger charge is 2.31. The van der Waals surface area contributed by atoms with Gasteiger partial charge < -0.3 is 14.6 Å². The van der Waals surface area contributed by atoms with Gasteiger partial charge in [-0.3, -0.25) is 0 Å². The minimum absolute atomic E-state index is 0.197. The lowest BCUT2D eigenvalue weighted by molar-refractivity contribution is -0.108. The Morgan fingerprint density at radius 3 is 2.33 bits per heavy atom. The molecule has 0 aromatic carbocycles. The van der Waals surface area contributed by atoms with E-state index in [4.69, 9.17) is 49.4 Å². The molecule has 0 aromatic rings. The van der Waals surface area contributed by atoms with Crippen LogP contribution in [0.2, 0.25) is 0 Å². The Hall–Kier alpha value is 0.750. The Kier molecular flexibility index (Phi) is 6.63. The summed E-state index contributed by atoms with van der Waals surface area (Å²) in [5, 5.41) is 9.01. The van der Waals surface area contributed by atoms with E-state index in [9.17, 15) is 0 Å². The first-order valence-corrected chi connectivity index (χ1v) is 4.56. The number of halogens is 3. The Morgan fingerprint density at radius 2 is 1.92 bits per heavy atom. The SMILES string of the molecule is CCOCCOC(O)C(Cl)(Cl)Cl. The van der Waals surface area contributed by atoms with Crippen LogP contribution in [0.25, 0.3) is 0 Å². The molecule has 1 atom stereocenters. The summed E-state index contributed by atoms with van der Waals surface area (Å²) in [6.07, 6.45) is -1.41. The minimum Gasteiger partial charge on any atom is -0.379 e. The van der Waals surface area contributed by atoms with Crippen molar-refractivity contribution in [2.75, 3.05) is 19.8 Å². The quantitative estimate of drug-likeness (QED) is 0.450. The highest BCUT2D eigenvalue weighted by atomic mass is 35.6. The molecule has 0 aromatic heterocycles. The summed E-state index contributed by atoms with van der Waals surface area (Å²) >= 11 is 15.9. The summed E-state index contributed by atoms with van der Waals surface area (Å²) in [7, 11) is 0. The van der Waals surface area contributed by atoms with E-state index in [0.717, 1.165) is 0 Å². The van der Waals surface area contributed by atoms with Gasteiger partial charge in [0.2, 0.25) is 10.1 Å². The van der Waals surface area contributed by atoms with Gasteiger partial charge in [-0.25, -0.2) is 0 Å². The van der Waals surface area contributed by atoms with Crippen molar-refractivity contribution in [3.63, 3.8) is 0 Å². The van der Waals surface area contributed by atoms with E-state index in [-0.39, 0.29) is 6.61 Å². The van der Waals surface area contributed by atoms with Gasteiger partial charge in [0.15, 0.2) is 0 Å². The minimum atomic E-state index is -1.80. The molecule has 0 rings (SSSR count). The van der Waals surface area contributed by atoms with E-state index in [1.165, 1.54) is 0 Å². The molecule has 0 aliphatic rings. The molecule has 1 N–H and O–H groups in total. The number of ether oxygens (including phenoxy) is 2. The lowest BCUT2D eigenvalue weighted by atomic mass is 10.7. The normalized spacial score (nSPS) is 14.8. The number of alkyl halides is 3. The summed E-state index contributed by atoms with van der Waals surface area (Å²) in [6.45, 7) is 3.01. The molecule has 74 valence electrons. The van der Waals surface area contributed by atoms with Crippen molar-refractivity contribution in [2.24, 2.45) is 0 Å².